The summed E-state index contributed by atoms with van der Waals surface area (Å²) in [6, 6.07) is 5.00. The van der Waals surface area contributed by atoms with Crippen molar-refractivity contribution < 1.29 is 18.7 Å². The summed E-state index contributed by atoms with van der Waals surface area (Å²) in [5.74, 6) is -1.05. The molecule has 1 aromatic carbocycles. The Labute approximate surface area is 133 Å². The molecule has 1 fully saturated rings. The largest absolute Gasteiger partial charge is 0.444 e. The minimum Gasteiger partial charge on any atom is -0.444 e. The number of hydrogen-bond donors (Lipinski definition) is 1. The molecular weight excluding hydrogens is 301 g/mol. The summed E-state index contributed by atoms with van der Waals surface area (Å²) in [5, 5.41) is 11.2. The zero-order valence-electron chi connectivity index (χ0n) is 13.2. The maximum atomic E-state index is 14.0. The highest BCUT2D eigenvalue weighted by Gasteiger charge is 2.35. The van der Waals surface area contributed by atoms with E-state index in [9.17, 15) is 14.0 Å². The zero-order chi connectivity index (χ0) is 17.2. The van der Waals surface area contributed by atoms with Gasteiger partial charge in [-0.1, -0.05) is 0 Å². The summed E-state index contributed by atoms with van der Waals surface area (Å²) in [6.07, 6.45) is -0.324. The van der Waals surface area contributed by atoms with Crippen LogP contribution < -0.4 is 10.2 Å². The van der Waals surface area contributed by atoms with Crippen molar-refractivity contribution in [3.8, 4) is 6.07 Å². The van der Waals surface area contributed by atoms with Gasteiger partial charge in [0, 0.05) is 6.54 Å². The van der Waals surface area contributed by atoms with Crippen molar-refractivity contribution in [2.24, 2.45) is 0 Å². The Morgan fingerprint density at radius 1 is 1.48 bits per heavy atom. The van der Waals surface area contributed by atoms with Gasteiger partial charge in [-0.25, -0.2) is 9.18 Å². The van der Waals surface area contributed by atoms with E-state index in [4.69, 9.17) is 10.00 Å². The lowest BCUT2D eigenvalue weighted by atomic mass is 10.2. The fraction of sp³-hybridized carbons (Fsp3) is 0.438. The monoisotopic (exact) mass is 319 g/mol. The second-order valence-corrected chi connectivity index (χ2v) is 6.26. The standard InChI is InChI=1S/C16H18FN3O3/c1-16(2,3)23-15(22)19-12-6-7-20(14(12)21)13-5-4-10(9-18)8-11(13)17/h4-5,8,12H,6-7H2,1-3H3,(H,19,22)/t12-/m0/s1. The Morgan fingerprint density at radius 3 is 2.74 bits per heavy atom. The topological polar surface area (TPSA) is 82.4 Å². The van der Waals surface area contributed by atoms with E-state index in [1.54, 1.807) is 20.8 Å². The molecule has 2 rings (SSSR count). The van der Waals surface area contributed by atoms with Crippen molar-refractivity contribution in [3.63, 3.8) is 0 Å². The van der Waals surface area contributed by atoms with Gasteiger partial charge in [-0.05, 0) is 45.4 Å². The molecule has 1 N–H and O–H groups in total. The fourth-order valence-electron chi connectivity index (χ4n) is 2.30. The molecule has 23 heavy (non-hydrogen) atoms. The molecule has 0 spiro atoms. The highest BCUT2D eigenvalue weighted by molar-refractivity contribution is 6.01. The molecule has 0 saturated carbocycles. The quantitative estimate of drug-likeness (QED) is 0.907. The number of anilines is 1. The molecule has 1 aliphatic heterocycles. The lowest BCUT2D eigenvalue weighted by Gasteiger charge is -2.22. The van der Waals surface area contributed by atoms with Crippen LogP contribution in [-0.2, 0) is 9.53 Å². The van der Waals surface area contributed by atoms with Crippen LogP contribution in [0.15, 0.2) is 18.2 Å². The van der Waals surface area contributed by atoms with Gasteiger partial charge in [0.15, 0.2) is 0 Å². The van der Waals surface area contributed by atoms with Gasteiger partial charge >= 0.3 is 6.09 Å². The van der Waals surface area contributed by atoms with Gasteiger partial charge in [0.1, 0.15) is 17.5 Å². The third kappa shape index (κ3) is 3.97. The number of benzene rings is 1. The van der Waals surface area contributed by atoms with E-state index in [1.165, 1.54) is 17.0 Å². The van der Waals surface area contributed by atoms with Crippen LogP contribution in [0.4, 0.5) is 14.9 Å². The Bertz CT molecular complexity index is 676. The molecular formula is C16H18FN3O3. The normalized spacial score (nSPS) is 17.8. The third-order valence-corrected chi connectivity index (χ3v) is 3.26. The molecule has 1 heterocycles. The van der Waals surface area contributed by atoms with E-state index in [2.05, 4.69) is 5.32 Å². The molecule has 6 nitrogen and oxygen atoms in total. The van der Waals surface area contributed by atoms with Crippen LogP contribution >= 0.6 is 0 Å². The van der Waals surface area contributed by atoms with E-state index in [1.807, 2.05) is 6.07 Å². The van der Waals surface area contributed by atoms with Gasteiger partial charge in [-0.2, -0.15) is 5.26 Å². The summed E-state index contributed by atoms with van der Waals surface area (Å²) < 4.78 is 19.1. The predicted octanol–water partition coefficient (Wildman–Crippen LogP) is 2.33. The van der Waals surface area contributed by atoms with E-state index in [0.717, 1.165) is 6.07 Å². The van der Waals surface area contributed by atoms with Gasteiger partial charge < -0.3 is 15.0 Å². The number of carbonyl (C=O) groups excluding carboxylic acids is 2. The minimum absolute atomic E-state index is 0.0995. The first-order valence-electron chi connectivity index (χ1n) is 7.22. The summed E-state index contributed by atoms with van der Waals surface area (Å²) in [4.78, 5) is 25.3. The average Bonchev–Trinajstić information content (AvgIpc) is 2.78. The smallest absolute Gasteiger partial charge is 0.408 e. The van der Waals surface area contributed by atoms with Gasteiger partial charge in [0.2, 0.25) is 5.91 Å². The van der Waals surface area contributed by atoms with Crippen LogP contribution in [0.3, 0.4) is 0 Å². The number of amides is 2. The summed E-state index contributed by atoms with van der Waals surface area (Å²) in [5.41, 5.74) is -0.381. The summed E-state index contributed by atoms with van der Waals surface area (Å²) in [7, 11) is 0. The van der Waals surface area contributed by atoms with Crippen molar-refractivity contribution in [1.29, 1.82) is 5.26 Å². The highest BCUT2D eigenvalue weighted by atomic mass is 19.1. The van der Waals surface area contributed by atoms with Crippen molar-refractivity contribution in [2.75, 3.05) is 11.4 Å². The molecule has 0 unspecified atom stereocenters. The first-order chi connectivity index (χ1) is 10.7. The SMILES string of the molecule is CC(C)(C)OC(=O)N[C@H]1CCN(c2ccc(C#N)cc2F)C1=O. The molecule has 122 valence electrons. The number of nitriles is 1. The number of nitrogens with zero attached hydrogens (tertiary/aromatic N) is 2. The molecule has 7 heteroatoms. The van der Waals surface area contributed by atoms with Crippen LogP contribution in [0.5, 0.6) is 0 Å². The summed E-state index contributed by atoms with van der Waals surface area (Å²) >= 11 is 0. The number of carbonyl (C=O) groups is 2. The van der Waals surface area contributed by atoms with Gasteiger partial charge in [-0.3, -0.25) is 4.79 Å². The van der Waals surface area contributed by atoms with Crippen LogP contribution in [0, 0.1) is 17.1 Å². The van der Waals surface area contributed by atoms with Crippen LogP contribution in [0.1, 0.15) is 32.8 Å². The Hall–Kier alpha value is -2.62. The van der Waals surface area contributed by atoms with E-state index < -0.39 is 29.5 Å². The van der Waals surface area contributed by atoms with Crippen molar-refractivity contribution in [2.45, 2.75) is 38.8 Å². The van der Waals surface area contributed by atoms with Crippen LogP contribution in [0.2, 0.25) is 0 Å². The molecule has 1 aromatic rings. The molecule has 2 amide bonds. The molecule has 1 aliphatic rings. The van der Waals surface area contributed by atoms with Crippen LogP contribution in [-0.4, -0.2) is 30.2 Å². The molecule has 0 aliphatic carbocycles. The Kier molecular flexibility index (Phi) is 4.55. The van der Waals surface area contributed by atoms with Gasteiger partial charge in [0.05, 0.1) is 17.3 Å². The summed E-state index contributed by atoms with van der Waals surface area (Å²) in [6.45, 7) is 5.45. The first-order valence-corrected chi connectivity index (χ1v) is 7.22. The van der Waals surface area contributed by atoms with Crippen molar-refractivity contribution in [3.05, 3.63) is 29.6 Å². The van der Waals surface area contributed by atoms with Crippen molar-refractivity contribution in [1.82, 2.24) is 5.32 Å². The van der Waals surface area contributed by atoms with Gasteiger partial charge in [-0.15, -0.1) is 0 Å². The van der Waals surface area contributed by atoms with Gasteiger partial charge in [0.25, 0.3) is 0 Å². The second-order valence-electron chi connectivity index (χ2n) is 6.26. The van der Waals surface area contributed by atoms with Crippen molar-refractivity contribution >= 4 is 17.7 Å². The van der Waals surface area contributed by atoms with E-state index in [-0.39, 0.29) is 17.8 Å². The maximum absolute atomic E-state index is 14.0. The lowest BCUT2D eigenvalue weighted by molar-refractivity contribution is -0.118. The predicted molar refractivity (Wildman–Crippen MR) is 81.2 cm³/mol. The molecule has 0 aromatic heterocycles. The number of ether oxygens (including phenoxy) is 1. The Balaban J connectivity index is 2.07. The number of alkyl carbamates (subject to hydrolysis) is 1. The fourth-order valence-corrected chi connectivity index (χ4v) is 2.30. The van der Waals surface area contributed by atoms with E-state index in [0.29, 0.717) is 6.42 Å². The highest BCUT2D eigenvalue weighted by Crippen LogP contribution is 2.25. The lowest BCUT2D eigenvalue weighted by Crippen LogP contribution is -2.43. The molecule has 0 radical (unpaired) electrons. The number of nitrogens with one attached hydrogen (secondary N) is 1. The number of hydrogen-bond acceptors (Lipinski definition) is 4. The maximum Gasteiger partial charge on any atom is 0.408 e. The number of rotatable bonds is 2. The first kappa shape index (κ1) is 16.7. The third-order valence-electron chi connectivity index (χ3n) is 3.26. The Morgan fingerprint density at radius 2 is 2.17 bits per heavy atom. The molecule has 0 bridgehead atoms. The number of halogens is 1. The molecule has 1 atom stereocenters. The average molecular weight is 319 g/mol. The second kappa shape index (κ2) is 6.24. The van der Waals surface area contributed by atoms with E-state index >= 15 is 0 Å². The van der Waals surface area contributed by atoms with Crippen LogP contribution in [0.25, 0.3) is 0 Å². The zero-order valence-corrected chi connectivity index (χ0v) is 13.2. The minimum atomic E-state index is -0.750. The molecule has 1 saturated heterocycles.